The van der Waals surface area contributed by atoms with Crippen LogP contribution in [-0.2, 0) is 4.57 Å². The summed E-state index contributed by atoms with van der Waals surface area (Å²) in [6.07, 6.45) is 0. The summed E-state index contributed by atoms with van der Waals surface area (Å²) in [5.41, 5.74) is 1.69. The predicted octanol–water partition coefficient (Wildman–Crippen LogP) is 7.67. The average Bonchev–Trinajstić information content (AvgIpc) is 3.38. The number of nitrogens with one attached hydrogen (secondary N) is 1. The van der Waals surface area contributed by atoms with Crippen molar-refractivity contribution < 1.29 is 13.6 Å². The molecule has 1 heterocycles. The van der Waals surface area contributed by atoms with E-state index in [2.05, 4.69) is 15.5 Å². The van der Waals surface area contributed by atoms with E-state index < -0.39 is 13.4 Å². The summed E-state index contributed by atoms with van der Waals surface area (Å²) in [5, 5.41) is 13.2. The van der Waals surface area contributed by atoms with Gasteiger partial charge < -0.3 is 14.4 Å². The highest BCUT2D eigenvalue weighted by atomic mass is 32.1. The smallest absolute Gasteiger partial charge is 0.414 e. The minimum atomic E-state index is -3.90. The number of rotatable bonds is 9. The van der Waals surface area contributed by atoms with Crippen LogP contribution in [0.1, 0.15) is 11.3 Å². The van der Waals surface area contributed by atoms with Crippen LogP contribution in [0.5, 0.6) is 11.5 Å². The zero-order valence-electron chi connectivity index (χ0n) is 18.6. The lowest BCUT2D eigenvalue weighted by Gasteiger charge is -2.28. The van der Waals surface area contributed by atoms with E-state index >= 15 is 0 Å². The van der Waals surface area contributed by atoms with Gasteiger partial charge in [-0.3, -0.25) is 0 Å². The van der Waals surface area contributed by atoms with Gasteiger partial charge >= 0.3 is 7.60 Å². The van der Waals surface area contributed by atoms with Gasteiger partial charge in [0.25, 0.3) is 0 Å². The lowest BCUT2D eigenvalue weighted by atomic mass is 10.2. The Morgan fingerprint density at radius 2 is 1.14 bits per heavy atom. The van der Waals surface area contributed by atoms with Gasteiger partial charge in [0.15, 0.2) is 5.78 Å². The first-order valence-electron chi connectivity index (χ1n) is 11.0. The summed E-state index contributed by atoms with van der Waals surface area (Å²) in [4.78, 5) is 0. The first-order chi connectivity index (χ1) is 17.2. The highest BCUT2D eigenvalue weighted by Gasteiger charge is 2.41. The molecule has 0 spiro atoms. The highest BCUT2D eigenvalue weighted by molar-refractivity contribution is 7.55. The van der Waals surface area contributed by atoms with Crippen LogP contribution < -0.4 is 14.4 Å². The molecule has 5 rings (SSSR count). The third kappa shape index (κ3) is 5.60. The molecule has 0 aliphatic carbocycles. The molecule has 6 nitrogen and oxygen atoms in total. The zero-order valence-corrected chi connectivity index (χ0v) is 20.3. The van der Waals surface area contributed by atoms with Gasteiger partial charge in [-0.1, -0.05) is 108 Å². The van der Waals surface area contributed by atoms with Gasteiger partial charge in [-0.25, -0.2) is 4.57 Å². The second-order valence-corrected chi connectivity index (χ2v) is 10.5. The molecular formula is C27H22N3O3PS. The number of anilines is 1. The number of hydrogen-bond acceptors (Lipinski definition) is 7. The zero-order chi connectivity index (χ0) is 23.9. The van der Waals surface area contributed by atoms with Crippen molar-refractivity contribution in [1.82, 2.24) is 10.2 Å². The number of aromatic nitrogens is 2. The maximum absolute atomic E-state index is 14.6. The first-order valence-corrected chi connectivity index (χ1v) is 13.4. The fourth-order valence-electron chi connectivity index (χ4n) is 3.46. The van der Waals surface area contributed by atoms with Crippen LogP contribution in [0.2, 0.25) is 0 Å². The van der Waals surface area contributed by atoms with E-state index in [-0.39, 0.29) is 0 Å². The molecule has 1 aromatic heterocycles. The monoisotopic (exact) mass is 499 g/mol. The largest absolute Gasteiger partial charge is 0.457 e. The van der Waals surface area contributed by atoms with Crippen LogP contribution >= 0.6 is 18.9 Å². The van der Waals surface area contributed by atoms with Crippen molar-refractivity contribution in [2.24, 2.45) is 0 Å². The molecule has 0 radical (unpaired) electrons. The second kappa shape index (κ2) is 10.6. The quantitative estimate of drug-likeness (QED) is 0.210. The molecule has 0 aliphatic heterocycles. The normalized spacial score (nSPS) is 12.0. The Morgan fingerprint density at radius 1 is 0.657 bits per heavy atom. The Labute approximate surface area is 207 Å². The molecule has 1 atom stereocenters. The molecular weight excluding hydrogens is 477 g/mol. The predicted molar refractivity (Wildman–Crippen MR) is 140 cm³/mol. The molecule has 0 saturated heterocycles. The molecule has 0 amide bonds. The minimum Gasteiger partial charge on any atom is -0.414 e. The molecule has 0 saturated carbocycles. The van der Waals surface area contributed by atoms with Gasteiger partial charge in [0.2, 0.25) is 5.13 Å². The number of nitrogens with zero attached hydrogens (tertiary/aromatic N) is 2. The Hall–Kier alpha value is -3.93. The van der Waals surface area contributed by atoms with Gasteiger partial charge in [0.1, 0.15) is 16.5 Å². The maximum Gasteiger partial charge on any atom is 0.457 e. The Balaban J connectivity index is 1.54. The third-order valence-electron chi connectivity index (χ3n) is 5.09. The number of hydrogen-bond donors (Lipinski definition) is 1. The molecule has 35 heavy (non-hydrogen) atoms. The van der Waals surface area contributed by atoms with Crippen molar-refractivity contribution >= 4 is 24.1 Å². The Morgan fingerprint density at radius 3 is 1.69 bits per heavy atom. The molecule has 1 N–H and O–H groups in total. The van der Waals surface area contributed by atoms with Crippen molar-refractivity contribution in [3.05, 3.63) is 127 Å². The van der Waals surface area contributed by atoms with E-state index in [0.29, 0.717) is 16.6 Å². The lowest BCUT2D eigenvalue weighted by Crippen LogP contribution is -2.18. The summed E-state index contributed by atoms with van der Waals surface area (Å²) in [6, 6.07) is 37.3. The summed E-state index contributed by atoms with van der Waals surface area (Å²) in [6.45, 7) is 0. The Bertz CT molecular complexity index is 1360. The van der Waals surface area contributed by atoms with Crippen LogP contribution in [-0.4, -0.2) is 10.2 Å². The minimum absolute atomic E-state index is 0.441. The SMILES string of the molecule is O=P(Oc1ccccc1)(Oc1ccccc1)C(Nc1nnc(-c2ccccc2)s1)c1ccccc1. The van der Waals surface area contributed by atoms with Gasteiger partial charge in [0.05, 0.1) is 0 Å². The van der Waals surface area contributed by atoms with E-state index in [9.17, 15) is 4.57 Å². The third-order valence-corrected chi connectivity index (χ3v) is 7.98. The number of benzene rings is 4. The topological polar surface area (TPSA) is 73.3 Å². The van der Waals surface area contributed by atoms with Crippen molar-refractivity contribution in [1.29, 1.82) is 0 Å². The maximum atomic E-state index is 14.6. The molecule has 4 aromatic carbocycles. The van der Waals surface area contributed by atoms with E-state index in [0.717, 1.165) is 16.1 Å². The summed E-state index contributed by atoms with van der Waals surface area (Å²) >= 11 is 1.37. The molecule has 5 aromatic rings. The first kappa shape index (κ1) is 22.8. The van der Waals surface area contributed by atoms with Crippen LogP contribution in [0.4, 0.5) is 5.13 Å². The average molecular weight is 500 g/mol. The van der Waals surface area contributed by atoms with Crippen LogP contribution in [0.15, 0.2) is 121 Å². The standard InChI is InChI=1S/C27H22N3O3PS/c31-34(32-23-17-9-3-10-18-23,33-24-19-11-4-12-20-24)25(21-13-5-1-6-14-21)28-27-30-29-26(35-27)22-15-7-2-8-16-22/h1-20,25H,(H,28,30). The van der Waals surface area contributed by atoms with E-state index in [1.807, 2.05) is 97.1 Å². The molecule has 8 heteroatoms. The summed E-state index contributed by atoms with van der Waals surface area (Å²) < 4.78 is 26.8. The molecule has 0 aliphatic rings. The fraction of sp³-hybridized carbons (Fsp3) is 0.0370. The molecule has 0 bridgehead atoms. The summed E-state index contributed by atoms with van der Waals surface area (Å²) in [7, 11) is -3.90. The van der Waals surface area contributed by atoms with Crippen LogP contribution in [0.25, 0.3) is 10.6 Å². The van der Waals surface area contributed by atoms with E-state index in [1.54, 1.807) is 24.3 Å². The molecule has 0 fully saturated rings. The van der Waals surface area contributed by atoms with Crippen molar-refractivity contribution in [3.63, 3.8) is 0 Å². The van der Waals surface area contributed by atoms with Crippen molar-refractivity contribution in [2.75, 3.05) is 5.32 Å². The molecule has 174 valence electrons. The number of para-hydroxylation sites is 2. The van der Waals surface area contributed by atoms with Crippen molar-refractivity contribution in [3.8, 4) is 22.1 Å². The molecule has 1 unspecified atom stereocenters. The van der Waals surface area contributed by atoms with Crippen molar-refractivity contribution in [2.45, 2.75) is 5.78 Å². The van der Waals surface area contributed by atoms with Gasteiger partial charge in [-0.15, -0.1) is 10.2 Å². The summed E-state index contributed by atoms with van der Waals surface area (Å²) in [5.74, 6) is 0.0363. The van der Waals surface area contributed by atoms with Gasteiger partial charge in [0, 0.05) is 5.56 Å². The van der Waals surface area contributed by atoms with Crippen LogP contribution in [0.3, 0.4) is 0 Å². The highest BCUT2D eigenvalue weighted by Crippen LogP contribution is 2.60. The van der Waals surface area contributed by atoms with E-state index in [1.165, 1.54) is 11.3 Å². The van der Waals surface area contributed by atoms with E-state index in [4.69, 9.17) is 9.05 Å². The lowest BCUT2D eigenvalue weighted by molar-refractivity contribution is 0.376. The van der Waals surface area contributed by atoms with Gasteiger partial charge in [-0.05, 0) is 29.8 Å². The van der Waals surface area contributed by atoms with Crippen LogP contribution in [0, 0.1) is 0 Å². The van der Waals surface area contributed by atoms with Gasteiger partial charge in [-0.2, -0.15) is 0 Å². The second-order valence-electron chi connectivity index (χ2n) is 7.58. The Kier molecular flexibility index (Phi) is 6.89. The fourth-order valence-corrected chi connectivity index (χ4v) is 6.22.